The molecule has 7 heteroatoms. The molecule has 0 bridgehead atoms. The van der Waals surface area contributed by atoms with Crippen LogP contribution in [0.15, 0.2) is 24.3 Å². The maximum absolute atomic E-state index is 11.6. The maximum atomic E-state index is 11.6. The van der Waals surface area contributed by atoms with Gasteiger partial charge in [0.25, 0.3) is 0 Å². The van der Waals surface area contributed by atoms with Crippen LogP contribution in [0.4, 0.5) is 0 Å². The molecule has 0 radical (unpaired) electrons. The topological polar surface area (TPSA) is 121 Å². The molecule has 102 valence electrons. The molecule has 7 nitrogen and oxygen atoms in total. The van der Waals surface area contributed by atoms with Gasteiger partial charge in [-0.3, -0.25) is 0 Å². The molecule has 0 aromatic heterocycles. The van der Waals surface area contributed by atoms with E-state index in [-0.39, 0.29) is 5.56 Å². The van der Waals surface area contributed by atoms with Gasteiger partial charge < -0.3 is 20.1 Å². The summed E-state index contributed by atoms with van der Waals surface area (Å²) in [6.45, 7) is 1.79. The molecule has 0 saturated carbocycles. The summed E-state index contributed by atoms with van der Waals surface area (Å²) < 4.78 is 4.49. The first kappa shape index (κ1) is 14.7. The fourth-order valence-electron chi connectivity index (χ4n) is 1.25. The number of carboxylic acids is 2. The number of aliphatic carboxylic acids is 2. The van der Waals surface area contributed by atoms with Crippen LogP contribution in [0.1, 0.15) is 15.9 Å². The minimum atomic E-state index is -2.33. The number of aliphatic hydroxyl groups is 1. The van der Waals surface area contributed by atoms with Crippen molar-refractivity contribution in [2.24, 2.45) is 0 Å². The number of benzene rings is 1. The van der Waals surface area contributed by atoms with Gasteiger partial charge in [0.15, 0.2) is 6.10 Å². The van der Waals surface area contributed by atoms with E-state index < -0.39 is 30.1 Å². The van der Waals surface area contributed by atoms with E-state index in [1.165, 1.54) is 12.1 Å². The molecule has 3 N–H and O–H groups in total. The van der Waals surface area contributed by atoms with Gasteiger partial charge in [-0.25, -0.2) is 14.4 Å². The molecule has 0 aliphatic heterocycles. The zero-order valence-corrected chi connectivity index (χ0v) is 9.94. The lowest BCUT2D eigenvalue weighted by atomic mass is 10.1. The molecule has 0 fully saturated rings. The van der Waals surface area contributed by atoms with E-state index in [0.29, 0.717) is 0 Å². The summed E-state index contributed by atoms with van der Waals surface area (Å²) in [6, 6.07) is 6.04. The highest BCUT2D eigenvalue weighted by molar-refractivity contribution is 5.92. The quantitative estimate of drug-likeness (QED) is 0.645. The lowest BCUT2D eigenvalue weighted by molar-refractivity contribution is -0.166. The van der Waals surface area contributed by atoms with E-state index in [0.717, 1.165) is 5.56 Å². The predicted molar refractivity (Wildman–Crippen MR) is 61.7 cm³/mol. The molecule has 0 amide bonds. The number of ether oxygens (including phenoxy) is 1. The number of carboxylic acid groups (broad SMARTS) is 2. The van der Waals surface area contributed by atoms with Crippen molar-refractivity contribution in [1.82, 2.24) is 0 Å². The van der Waals surface area contributed by atoms with Crippen molar-refractivity contribution in [2.45, 2.75) is 19.1 Å². The third-order valence-corrected chi connectivity index (χ3v) is 2.30. The molecule has 0 saturated heterocycles. The molecular formula is C12H12O7. The van der Waals surface area contributed by atoms with Crippen molar-refractivity contribution in [2.75, 3.05) is 0 Å². The fourth-order valence-corrected chi connectivity index (χ4v) is 1.25. The van der Waals surface area contributed by atoms with Crippen LogP contribution >= 0.6 is 0 Å². The van der Waals surface area contributed by atoms with Gasteiger partial charge in [-0.2, -0.15) is 0 Å². The average molecular weight is 268 g/mol. The van der Waals surface area contributed by atoms with Crippen LogP contribution in [0.3, 0.4) is 0 Å². The standard InChI is InChI=1S/C12H12O7/c1-6-2-4-7(5-3-6)12(18)19-9(11(16)17)8(13)10(14)15/h2-5,8-9,13H,1H3,(H,14,15)(H,16,17)/t8-,9-/m0/s1. The van der Waals surface area contributed by atoms with Crippen LogP contribution in [0, 0.1) is 6.92 Å². The number of rotatable bonds is 5. The normalized spacial score (nSPS) is 13.4. The van der Waals surface area contributed by atoms with Crippen LogP contribution < -0.4 is 0 Å². The highest BCUT2D eigenvalue weighted by Crippen LogP contribution is 2.09. The summed E-state index contributed by atoms with van der Waals surface area (Å²) in [5.41, 5.74) is 0.950. The fraction of sp³-hybridized carbons (Fsp3) is 0.250. The van der Waals surface area contributed by atoms with Gasteiger partial charge in [-0.15, -0.1) is 0 Å². The Bertz CT molecular complexity index is 491. The minimum Gasteiger partial charge on any atom is -0.479 e. The van der Waals surface area contributed by atoms with E-state index in [1.807, 2.05) is 0 Å². The number of carbonyl (C=O) groups excluding carboxylic acids is 1. The first-order valence-corrected chi connectivity index (χ1v) is 5.24. The summed E-state index contributed by atoms with van der Waals surface area (Å²) >= 11 is 0. The zero-order valence-electron chi connectivity index (χ0n) is 9.94. The molecule has 0 spiro atoms. The predicted octanol–water partition coefficient (Wildman–Crippen LogP) is 0.0505. The number of aliphatic hydroxyl groups excluding tert-OH is 1. The highest BCUT2D eigenvalue weighted by atomic mass is 16.6. The molecular weight excluding hydrogens is 256 g/mol. The Hall–Kier alpha value is -2.41. The highest BCUT2D eigenvalue weighted by Gasteiger charge is 2.35. The Balaban J connectivity index is 2.85. The first-order valence-electron chi connectivity index (χ1n) is 5.24. The monoisotopic (exact) mass is 268 g/mol. The van der Waals surface area contributed by atoms with Gasteiger partial charge in [0.05, 0.1) is 5.56 Å². The average Bonchev–Trinajstić information content (AvgIpc) is 2.35. The minimum absolute atomic E-state index is 0.0643. The summed E-state index contributed by atoms with van der Waals surface area (Å²) in [7, 11) is 0. The van der Waals surface area contributed by atoms with Gasteiger partial charge in [-0.1, -0.05) is 17.7 Å². The molecule has 0 aliphatic carbocycles. The van der Waals surface area contributed by atoms with Gasteiger partial charge in [0.1, 0.15) is 0 Å². The molecule has 2 atom stereocenters. The van der Waals surface area contributed by atoms with Crippen LogP contribution in [-0.4, -0.2) is 45.4 Å². The second-order valence-corrected chi connectivity index (χ2v) is 3.81. The molecule has 1 aromatic rings. The Labute approximate surface area is 108 Å². The zero-order chi connectivity index (χ0) is 14.6. The van der Waals surface area contributed by atoms with Crippen LogP contribution in [0.25, 0.3) is 0 Å². The van der Waals surface area contributed by atoms with E-state index in [2.05, 4.69) is 4.74 Å². The number of hydrogen-bond donors (Lipinski definition) is 3. The first-order chi connectivity index (χ1) is 8.82. The van der Waals surface area contributed by atoms with Crippen LogP contribution in [-0.2, 0) is 14.3 Å². The van der Waals surface area contributed by atoms with Gasteiger partial charge in [-0.05, 0) is 19.1 Å². The smallest absolute Gasteiger partial charge is 0.348 e. The van der Waals surface area contributed by atoms with Crippen LogP contribution in [0.2, 0.25) is 0 Å². The van der Waals surface area contributed by atoms with Crippen molar-refractivity contribution < 1.29 is 34.4 Å². The van der Waals surface area contributed by atoms with Gasteiger partial charge in [0.2, 0.25) is 6.10 Å². The van der Waals surface area contributed by atoms with Gasteiger partial charge >= 0.3 is 17.9 Å². The molecule has 1 aromatic carbocycles. The van der Waals surface area contributed by atoms with E-state index >= 15 is 0 Å². The van der Waals surface area contributed by atoms with Crippen molar-refractivity contribution in [1.29, 1.82) is 0 Å². The van der Waals surface area contributed by atoms with Crippen molar-refractivity contribution >= 4 is 17.9 Å². The summed E-state index contributed by atoms with van der Waals surface area (Å²) in [5.74, 6) is -4.55. The summed E-state index contributed by atoms with van der Waals surface area (Å²) in [6.07, 6.45) is -4.49. The van der Waals surface area contributed by atoms with Crippen molar-refractivity contribution in [3.63, 3.8) is 0 Å². The van der Waals surface area contributed by atoms with Gasteiger partial charge in [0, 0.05) is 0 Å². The van der Waals surface area contributed by atoms with Crippen molar-refractivity contribution in [3.8, 4) is 0 Å². The second kappa shape index (κ2) is 5.96. The Kier molecular flexibility index (Phi) is 4.60. The number of hydrogen-bond acceptors (Lipinski definition) is 5. The second-order valence-electron chi connectivity index (χ2n) is 3.81. The van der Waals surface area contributed by atoms with Crippen LogP contribution in [0.5, 0.6) is 0 Å². The SMILES string of the molecule is Cc1ccc(C(=O)O[C@H](C(=O)O)[C@H](O)C(=O)O)cc1. The maximum Gasteiger partial charge on any atom is 0.348 e. The molecule has 19 heavy (non-hydrogen) atoms. The number of carbonyl (C=O) groups is 3. The lowest BCUT2D eigenvalue weighted by Crippen LogP contribution is -2.43. The number of esters is 1. The third-order valence-electron chi connectivity index (χ3n) is 2.30. The number of aryl methyl sites for hydroxylation is 1. The third kappa shape index (κ3) is 3.78. The largest absolute Gasteiger partial charge is 0.479 e. The van der Waals surface area contributed by atoms with Crippen molar-refractivity contribution in [3.05, 3.63) is 35.4 Å². The molecule has 0 aliphatic rings. The molecule has 0 unspecified atom stereocenters. The Morgan fingerprint density at radius 1 is 1.05 bits per heavy atom. The van der Waals surface area contributed by atoms with E-state index in [9.17, 15) is 14.4 Å². The summed E-state index contributed by atoms with van der Waals surface area (Å²) in [5, 5.41) is 26.4. The summed E-state index contributed by atoms with van der Waals surface area (Å²) in [4.78, 5) is 32.9. The molecule has 1 rings (SSSR count). The lowest BCUT2D eigenvalue weighted by Gasteiger charge is -2.16. The van der Waals surface area contributed by atoms with E-state index in [4.69, 9.17) is 15.3 Å². The van der Waals surface area contributed by atoms with E-state index in [1.54, 1.807) is 19.1 Å². The Morgan fingerprint density at radius 2 is 1.58 bits per heavy atom. The Morgan fingerprint density at radius 3 is 2.00 bits per heavy atom. The molecule has 0 heterocycles.